The van der Waals surface area contributed by atoms with Gasteiger partial charge in [0.25, 0.3) is 0 Å². The van der Waals surface area contributed by atoms with Crippen molar-refractivity contribution in [1.82, 2.24) is 9.78 Å². The second-order valence-corrected chi connectivity index (χ2v) is 3.59. The summed E-state index contributed by atoms with van der Waals surface area (Å²) in [6.45, 7) is 0.396. The second-order valence-electron chi connectivity index (χ2n) is 3.15. The van der Waals surface area contributed by atoms with Crippen molar-refractivity contribution in [3.63, 3.8) is 0 Å². The van der Waals surface area contributed by atoms with E-state index in [2.05, 4.69) is 5.10 Å². The van der Waals surface area contributed by atoms with E-state index in [1.807, 2.05) is 12.1 Å². The highest BCUT2D eigenvalue weighted by atomic mass is 35.5. The molecule has 0 saturated heterocycles. The highest BCUT2D eigenvalue weighted by Gasteiger charge is 2.05. The van der Waals surface area contributed by atoms with E-state index in [1.54, 1.807) is 22.9 Å². The van der Waals surface area contributed by atoms with Gasteiger partial charge in [0.15, 0.2) is 0 Å². The van der Waals surface area contributed by atoms with Crippen LogP contribution in [-0.2, 0) is 6.54 Å². The number of nitrogens with zero attached hydrogens (tertiary/aromatic N) is 2. The van der Waals surface area contributed by atoms with Crippen LogP contribution in [0.4, 0.5) is 5.82 Å². The predicted octanol–water partition coefficient (Wildman–Crippen LogP) is 1.57. The minimum atomic E-state index is 0.396. The molecule has 0 fully saturated rings. The molecule has 0 spiro atoms. The molecule has 0 atom stereocenters. The van der Waals surface area contributed by atoms with Crippen LogP contribution in [0.25, 0.3) is 5.69 Å². The molecule has 2 aromatic rings. The fourth-order valence-corrected chi connectivity index (χ4v) is 1.52. The molecular formula is C10H11ClN4. The maximum Gasteiger partial charge on any atom is 0.146 e. The number of rotatable bonds is 2. The van der Waals surface area contributed by atoms with E-state index >= 15 is 0 Å². The average Bonchev–Trinajstić information content (AvgIpc) is 2.61. The third-order valence-electron chi connectivity index (χ3n) is 2.08. The van der Waals surface area contributed by atoms with Crippen molar-refractivity contribution in [3.05, 3.63) is 41.0 Å². The van der Waals surface area contributed by atoms with Crippen molar-refractivity contribution in [2.75, 3.05) is 5.73 Å². The summed E-state index contributed by atoms with van der Waals surface area (Å²) in [6.07, 6.45) is 0. The molecule has 15 heavy (non-hydrogen) atoms. The zero-order chi connectivity index (χ0) is 10.8. The van der Waals surface area contributed by atoms with Crippen molar-refractivity contribution >= 4 is 17.4 Å². The minimum absolute atomic E-state index is 0.396. The van der Waals surface area contributed by atoms with Crippen molar-refractivity contribution in [2.45, 2.75) is 6.54 Å². The van der Waals surface area contributed by atoms with Crippen LogP contribution in [0, 0.1) is 0 Å². The minimum Gasteiger partial charge on any atom is -0.382 e. The molecule has 0 saturated carbocycles. The van der Waals surface area contributed by atoms with Crippen LogP contribution in [0.15, 0.2) is 30.3 Å². The summed E-state index contributed by atoms with van der Waals surface area (Å²) >= 11 is 5.80. The lowest BCUT2D eigenvalue weighted by Gasteiger charge is -2.04. The zero-order valence-corrected chi connectivity index (χ0v) is 8.78. The fraction of sp³-hybridized carbons (Fsp3) is 0.100. The van der Waals surface area contributed by atoms with E-state index in [1.165, 1.54) is 0 Å². The van der Waals surface area contributed by atoms with Crippen molar-refractivity contribution in [1.29, 1.82) is 0 Å². The van der Waals surface area contributed by atoms with E-state index in [0.717, 1.165) is 11.4 Å². The van der Waals surface area contributed by atoms with Crippen LogP contribution in [0.1, 0.15) is 5.69 Å². The Kier molecular flexibility index (Phi) is 2.62. The number of halogens is 1. The molecule has 1 heterocycles. The average molecular weight is 223 g/mol. The summed E-state index contributed by atoms with van der Waals surface area (Å²) in [6, 6.07) is 9.10. The molecule has 0 amide bonds. The van der Waals surface area contributed by atoms with E-state index in [9.17, 15) is 0 Å². The predicted molar refractivity (Wildman–Crippen MR) is 60.9 cm³/mol. The van der Waals surface area contributed by atoms with E-state index in [0.29, 0.717) is 17.4 Å². The lowest BCUT2D eigenvalue weighted by molar-refractivity contribution is 0.807. The summed E-state index contributed by atoms with van der Waals surface area (Å²) < 4.78 is 1.71. The Bertz CT molecular complexity index is 461. The number of aromatic nitrogens is 2. The molecule has 0 aliphatic heterocycles. The SMILES string of the molecule is NCc1cc(N)nn1-c1ccc(Cl)cc1. The zero-order valence-electron chi connectivity index (χ0n) is 8.02. The summed E-state index contributed by atoms with van der Waals surface area (Å²) in [4.78, 5) is 0. The number of nitrogen functional groups attached to an aromatic ring is 1. The molecule has 0 aliphatic carbocycles. The molecule has 78 valence electrons. The van der Waals surface area contributed by atoms with E-state index in [4.69, 9.17) is 23.1 Å². The third kappa shape index (κ3) is 1.95. The standard InChI is InChI=1S/C10H11ClN4/c11-7-1-3-8(4-2-7)15-9(6-12)5-10(13)14-15/h1-5H,6,12H2,(H2,13,14). The van der Waals surface area contributed by atoms with Crippen LogP contribution in [0.2, 0.25) is 5.02 Å². The monoisotopic (exact) mass is 222 g/mol. The molecule has 0 aliphatic rings. The Morgan fingerprint density at radius 1 is 1.27 bits per heavy atom. The molecule has 0 unspecified atom stereocenters. The second kappa shape index (κ2) is 3.92. The first-order valence-electron chi connectivity index (χ1n) is 4.51. The van der Waals surface area contributed by atoms with Gasteiger partial charge in [-0.1, -0.05) is 11.6 Å². The van der Waals surface area contributed by atoms with Crippen molar-refractivity contribution in [3.8, 4) is 5.69 Å². The van der Waals surface area contributed by atoms with Crippen LogP contribution >= 0.6 is 11.6 Å². The van der Waals surface area contributed by atoms with Gasteiger partial charge >= 0.3 is 0 Å². The Balaban J connectivity index is 2.48. The summed E-state index contributed by atoms with van der Waals surface area (Å²) in [5, 5.41) is 4.84. The van der Waals surface area contributed by atoms with Crippen molar-refractivity contribution < 1.29 is 0 Å². The molecule has 4 nitrogen and oxygen atoms in total. The first kappa shape index (κ1) is 10.0. The summed E-state index contributed by atoms with van der Waals surface area (Å²) in [5.41, 5.74) is 13.0. The van der Waals surface area contributed by atoms with Gasteiger partial charge in [0, 0.05) is 17.6 Å². The lowest BCUT2D eigenvalue weighted by atomic mass is 10.3. The van der Waals surface area contributed by atoms with Crippen LogP contribution < -0.4 is 11.5 Å². The number of hydrogen-bond donors (Lipinski definition) is 2. The van der Waals surface area contributed by atoms with Gasteiger partial charge in [-0.05, 0) is 24.3 Å². The van der Waals surface area contributed by atoms with Crippen LogP contribution in [0.3, 0.4) is 0 Å². The summed E-state index contributed by atoms with van der Waals surface area (Å²) in [7, 11) is 0. The van der Waals surface area contributed by atoms with E-state index < -0.39 is 0 Å². The topological polar surface area (TPSA) is 69.9 Å². The van der Waals surface area contributed by atoms with Crippen LogP contribution in [-0.4, -0.2) is 9.78 Å². The Labute approximate surface area is 92.4 Å². The van der Waals surface area contributed by atoms with Gasteiger partial charge in [0.05, 0.1) is 11.4 Å². The first-order valence-corrected chi connectivity index (χ1v) is 4.89. The molecule has 5 heteroatoms. The maximum atomic E-state index is 5.80. The van der Waals surface area contributed by atoms with Gasteiger partial charge in [0.1, 0.15) is 5.82 Å². The Morgan fingerprint density at radius 2 is 1.93 bits per heavy atom. The molecule has 0 bridgehead atoms. The normalized spacial score (nSPS) is 10.5. The number of benzene rings is 1. The first-order chi connectivity index (χ1) is 7.20. The fourth-order valence-electron chi connectivity index (χ4n) is 1.39. The Hall–Kier alpha value is -1.52. The van der Waals surface area contributed by atoms with Gasteiger partial charge in [-0.15, -0.1) is 0 Å². The molecule has 1 aromatic carbocycles. The maximum absolute atomic E-state index is 5.80. The number of hydrogen-bond acceptors (Lipinski definition) is 3. The lowest BCUT2D eigenvalue weighted by Crippen LogP contribution is -2.06. The third-order valence-corrected chi connectivity index (χ3v) is 2.33. The molecule has 2 rings (SSSR count). The molecule has 1 aromatic heterocycles. The van der Waals surface area contributed by atoms with Crippen LogP contribution in [0.5, 0.6) is 0 Å². The van der Waals surface area contributed by atoms with Gasteiger partial charge in [-0.3, -0.25) is 0 Å². The number of nitrogens with two attached hydrogens (primary N) is 2. The van der Waals surface area contributed by atoms with E-state index in [-0.39, 0.29) is 0 Å². The summed E-state index contributed by atoms with van der Waals surface area (Å²) in [5.74, 6) is 0.463. The molecule has 4 N–H and O–H groups in total. The smallest absolute Gasteiger partial charge is 0.146 e. The number of anilines is 1. The highest BCUT2D eigenvalue weighted by Crippen LogP contribution is 2.16. The van der Waals surface area contributed by atoms with Gasteiger partial charge in [-0.25, -0.2) is 4.68 Å². The van der Waals surface area contributed by atoms with Crippen molar-refractivity contribution in [2.24, 2.45) is 5.73 Å². The largest absolute Gasteiger partial charge is 0.382 e. The molecule has 0 radical (unpaired) electrons. The quantitative estimate of drug-likeness (QED) is 0.810. The van der Waals surface area contributed by atoms with Gasteiger partial charge in [-0.2, -0.15) is 5.10 Å². The van der Waals surface area contributed by atoms with Gasteiger partial charge in [0.2, 0.25) is 0 Å². The molecular weight excluding hydrogens is 212 g/mol. The van der Waals surface area contributed by atoms with Gasteiger partial charge < -0.3 is 11.5 Å². The Morgan fingerprint density at radius 3 is 2.53 bits per heavy atom. The highest BCUT2D eigenvalue weighted by molar-refractivity contribution is 6.30.